The number of nitrogens with zero attached hydrogens (tertiary/aromatic N) is 1. The van der Waals surface area contributed by atoms with Gasteiger partial charge in [0.15, 0.2) is 0 Å². The zero-order chi connectivity index (χ0) is 12.8. The molecule has 4 nitrogen and oxygen atoms in total. The molecule has 0 radical (unpaired) electrons. The lowest BCUT2D eigenvalue weighted by atomic mass is 10.1. The summed E-state index contributed by atoms with van der Waals surface area (Å²) in [5, 5.41) is 3.35. The maximum Gasteiger partial charge on any atom is 0.327 e. The zero-order valence-corrected chi connectivity index (χ0v) is 10.8. The predicted molar refractivity (Wildman–Crippen MR) is 70.3 cm³/mol. The summed E-state index contributed by atoms with van der Waals surface area (Å²) in [5.41, 5.74) is 1.01. The number of ether oxygens (including phenoxy) is 1. The van der Waals surface area contributed by atoms with Crippen LogP contribution in [0.1, 0.15) is 18.0 Å². The van der Waals surface area contributed by atoms with E-state index in [1.54, 1.807) is 0 Å². The molecule has 0 saturated carbocycles. The van der Waals surface area contributed by atoms with E-state index >= 15 is 0 Å². The lowest BCUT2D eigenvalue weighted by molar-refractivity contribution is -0.147. The van der Waals surface area contributed by atoms with Gasteiger partial charge in [0.25, 0.3) is 0 Å². The van der Waals surface area contributed by atoms with Gasteiger partial charge < -0.3 is 10.1 Å². The minimum absolute atomic E-state index is 0.178. The number of hydrogen-bond acceptors (Lipinski definition) is 4. The molecule has 1 N–H and O–H groups in total. The molecule has 98 valence electrons. The fourth-order valence-corrected chi connectivity index (χ4v) is 2.37. The number of methoxy groups -OCH3 is 1. The highest BCUT2D eigenvalue weighted by Crippen LogP contribution is 2.22. The lowest BCUT2D eigenvalue weighted by Gasteiger charge is -2.28. The van der Waals surface area contributed by atoms with Gasteiger partial charge in [0.05, 0.1) is 7.11 Å². The van der Waals surface area contributed by atoms with E-state index in [0.717, 1.165) is 38.2 Å². The highest BCUT2D eigenvalue weighted by molar-refractivity contribution is 5.77. The normalized spacial score (nSPS) is 18.9. The van der Waals surface area contributed by atoms with Crippen molar-refractivity contribution in [3.05, 3.63) is 35.9 Å². The summed E-state index contributed by atoms with van der Waals surface area (Å²) in [4.78, 5) is 14.2. The molecule has 1 heterocycles. The van der Waals surface area contributed by atoms with E-state index < -0.39 is 0 Å². The van der Waals surface area contributed by atoms with Gasteiger partial charge in [-0.25, -0.2) is 4.79 Å². The van der Waals surface area contributed by atoms with E-state index in [2.05, 4.69) is 10.2 Å². The molecule has 0 aromatic heterocycles. The van der Waals surface area contributed by atoms with Crippen LogP contribution in [0.15, 0.2) is 30.3 Å². The van der Waals surface area contributed by atoms with Crippen LogP contribution in [0.2, 0.25) is 0 Å². The van der Waals surface area contributed by atoms with Gasteiger partial charge in [0.1, 0.15) is 6.04 Å². The number of hydrogen-bond donors (Lipinski definition) is 1. The first-order chi connectivity index (χ1) is 8.83. The van der Waals surface area contributed by atoms with Crippen molar-refractivity contribution < 1.29 is 9.53 Å². The first-order valence-corrected chi connectivity index (χ1v) is 6.40. The van der Waals surface area contributed by atoms with E-state index in [1.165, 1.54) is 7.11 Å². The van der Waals surface area contributed by atoms with Crippen molar-refractivity contribution in [2.75, 3.05) is 33.3 Å². The van der Waals surface area contributed by atoms with Gasteiger partial charge in [-0.05, 0) is 18.5 Å². The monoisotopic (exact) mass is 248 g/mol. The Morgan fingerprint density at radius 3 is 2.78 bits per heavy atom. The van der Waals surface area contributed by atoms with Crippen LogP contribution < -0.4 is 5.32 Å². The number of carbonyl (C=O) groups is 1. The molecular formula is C14H20N2O2. The highest BCUT2D eigenvalue weighted by Gasteiger charge is 2.28. The molecule has 2 rings (SSSR count). The molecule has 1 saturated heterocycles. The van der Waals surface area contributed by atoms with Crippen LogP contribution in [0.3, 0.4) is 0 Å². The highest BCUT2D eigenvalue weighted by atomic mass is 16.5. The second kappa shape index (κ2) is 6.52. The topological polar surface area (TPSA) is 41.6 Å². The van der Waals surface area contributed by atoms with E-state index in [4.69, 9.17) is 4.74 Å². The lowest BCUT2D eigenvalue weighted by Crippen LogP contribution is -2.37. The van der Waals surface area contributed by atoms with Gasteiger partial charge in [-0.2, -0.15) is 0 Å². The zero-order valence-electron chi connectivity index (χ0n) is 10.8. The van der Waals surface area contributed by atoms with Gasteiger partial charge in [-0.1, -0.05) is 30.3 Å². The summed E-state index contributed by atoms with van der Waals surface area (Å²) < 4.78 is 4.96. The summed E-state index contributed by atoms with van der Waals surface area (Å²) in [5.74, 6) is -0.178. The summed E-state index contributed by atoms with van der Waals surface area (Å²) in [6.07, 6.45) is 1.06. The van der Waals surface area contributed by atoms with Crippen LogP contribution in [-0.2, 0) is 9.53 Å². The van der Waals surface area contributed by atoms with Crippen LogP contribution in [0, 0.1) is 0 Å². The fraction of sp³-hybridized carbons (Fsp3) is 0.500. The molecule has 1 aliphatic rings. The van der Waals surface area contributed by atoms with Crippen LogP contribution in [-0.4, -0.2) is 44.2 Å². The molecule has 0 spiro atoms. The molecule has 0 amide bonds. The molecular weight excluding hydrogens is 228 g/mol. The quantitative estimate of drug-likeness (QED) is 0.816. The van der Waals surface area contributed by atoms with Crippen molar-refractivity contribution in [1.29, 1.82) is 0 Å². The van der Waals surface area contributed by atoms with Gasteiger partial charge in [-0.3, -0.25) is 4.90 Å². The van der Waals surface area contributed by atoms with Gasteiger partial charge in [0.2, 0.25) is 0 Å². The Hall–Kier alpha value is -1.39. The summed E-state index contributed by atoms with van der Waals surface area (Å²) in [6, 6.07) is 9.57. The predicted octanol–water partition coefficient (Wildman–Crippen LogP) is 1.20. The van der Waals surface area contributed by atoms with E-state index in [9.17, 15) is 4.79 Å². The average molecular weight is 248 g/mol. The SMILES string of the molecule is COC(=O)C(c1ccccc1)N1CCCNCC1. The molecule has 18 heavy (non-hydrogen) atoms. The minimum Gasteiger partial charge on any atom is -0.468 e. The molecule has 0 aliphatic carbocycles. The molecule has 1 aliphatic heterocycles. The van der Waals surface area contributed by atoms with Gasteiger partial charge in [-0.15, -0.1) is 0 Å². The Kier molecular flexibility index (Phi) is 4.73. The molecule has 1 unspecified atom stereocenters. The summed E-state index contributed by atoms with van der Waals surface area (Å²) >= 11 is 0. The number of benzene rings is 1. The van der Waals surface area contributed by atoms with Crippen LogP contribution in [0.4, 0.5) is 0 Å². The second-order valence-corrected chi connectivity index (χ2v) is 4.48. The molecule has 4 heteroatoms. The Bertz CT molecular complexity index is 373. The second-order valence-electron chi connectivity index (χ2n) is 4.48. The van der Waals surface area contributed by atoms with Crippen molar-refractivity contribution >= 4 is 5.97 Å². The van der Waals surface area contributed by atoms with E-state index in [-0.39, 0.29) is 12.0 Å². The van der Waals surface area contributed by atoms with Crippen molar-refractivity contribution in [3.8, 4) is 0 Å². The Morgan fingerprint density at radius 1 is 1.28 bits per heavy atom. The summed E-state index contributed by atoms with van der Waals surface area (Å²) in [7, 11) is 1.45. The molecule has 0 bridgehead atoms. The van der Waals surface area contributed by atoms with Crippen LogP contribution >= 0.6 is 0 Å². The molecule has 1 atom stereocenters. The van der Waals surface area contributed by atoms with Crippen molar-refractivity contribution in [1.82, 2.24) is 10.2 Å². The maximum atomic E-state index is 12.0. The third-order valence-corrected chi connectivity index (χ3v) is 3.28. The van der Waals surface area contributed by atoms with E-state index in [0.29, 0.717) is 0 Å². The third kappa shape index (κ3) is 3.09. The van der Waals surface area contributed by atoms with Crippen molar-refractivity contribution in [2.45, 2.75) is 12.5 Å². The van der Waals surface area contributed by atoms with E-state index in [1.807, 2.05) is 30.3 Å². The first-order valence-electron chi connectivity index (χ1n) is 6.40. The van der Waals surface area contributed by atoms with Crippen molar-refractivity contribution in [3.63, 3.8) is 0 Å². The molecule has 1 aromatic rings. The number of nitrogens with one attached hydrogen (secondary N) is 1. The van der Waals surface area contributed by atoms with Crippen molar-refractivity contribution in [2.24, 2.45) is 0 Å². The number of esters is 1. The molecule has 1 fully saturated rings. The maximum absolute atomic E-state index is 12.0. The van der Waals surface area contributed by atoms with Gasteiger partial charge in [0, 0.05) is 19.6 Å². The largest absolute Gasteiger partial charge is 0.468 e. The smallest absolute Gasteiger partial charge is 0.327 e. The standard InChI is InChI=1S/C14H20N2O2/c1-18-14(17)13(12-6-3-2-4-7-12)16-10-5-8-15-9-11-16/h2-4,6-7,13,15H,5,8-11H2,1H3. The minimum atomic E-state index is -0.281. The fourth-order valence-electron chi connectivity index (χ4n) is 2.37. The van der Waals surface area contributed by atoms with Crippen LogP contribution in [0.5, 0.6) is 0 Å². The average Bonchev–Trinajstić information content (AvgIpc) is 2.69. The number of rotatable bonds is 3. The Morgan fingerprint density at radius 2 is 2.06 bits per heavy atom. The molecule has 1 aromatic carbocycles. The first kappa shape index (κ1) is 13.1. The summed E-state index contributed by atoms with van der Waals surface area (Å²) in [6.45, 7) is 3.72. The Balaban J connectivity index is 2.21. The Labute approximate surface area is 108 Å². The van der Waals surface area contributed by atoms with Gasteiger partial charge >= 0.3 is 5.97 Å². The van der Waals surface area contributed by atoms with Crippen LogP contribution in [0.25, 0.3) is 0 Å². The third-order valence-electron chi connectivity index (χ3n) is 3.28. The number of carbonyl (C=O) groups excluding carboxylic acids is 1.